The van der Waals surface area contributed by atoms with E-state index < -0.39 is 23.6 Å². The molecule has 118 valence electrons. The van der Waals surface area contributed by atoms with Gasteiger partial charge in [-0.2, -0.15) is 0 Å². The van der Waals surface area contributed by atoms with Gasteiger partial charge in [-0.1, -0.05) is 0 Å². The van der Waals surface area contributed by atoms with Gasteiger partial charge in [0.1, 0.15) is 5.75 Å². The number of anilines is 2. The Hall–Kier alpha value is -2.96. The standard InChI is InChI=1S/C16H12F2N2O3/c1-8-15(21)20-13-6-9(2-5-14(13)23-8)16(22)19-10-3-4-11(17)12(18)7-10/h2-8H,1H3,(H,19,22)(H,20,21). The molecule has 2 amide bonds. The number of fused-ring (bicyclic) bond motifs is 1. The Morgan fingerprint density at radius 3 is 2.70 bits per heavy atom. The number of ether oxygens (including phenoxy) is 1. The lowest BCUT2D eigenvalue weighted by atomic mass is 10.1. The highest BCUT2D eigenvalue weighted by Crippen LogP contribution is 2.30. The summed E-state index contributed by atoms with van der Waals surface area (Å²) in [6.07, 6.45) is -0.607. The molecule has 0 fully saturated rings. The van der Waals surface area contributed by atoms with Gasteiger partial charge in [-0.3, -0.25) is 9.59 Å². The van der Waals surface area contributed by atoms with Crippen molar-refractivity contribution < 1.29 is 23.1 Å². The average Bonchev–Trinajstić information content (AvgIpc) is 2.51. The number of nitrogens with one attached hydrogen (secondary N) is 2. The third-order valence-electron chi connectivity index (χ3n) is 3.35. The molecule has 2 aromatic rings. The largest absolute Gasteiger partial charge is 0.479 e. The van der Waals surface area contributed by atoms with E-state index in [-0.39, 0.29) is 17.2 Å². The summed E-state index contributed by atoms with van der Waals surface area (Å²) in [5, 5.41) is 5.09. The van der Waals surface area contributed by atoms with Gasteiger partial charge in [-0.25, -0.2) is 8.78 Å². The molecule has 3 rings (SSSR count). The first-order valence-electron chi connectivity index (χ1n) is 6.82. The van der Waals surface area contributed by atoms with Crippen LogP contribution in [0.25, 0.3) is 0 Å². The zero-order valence-corrected chi connectivity index (χ0v) is 12.0. The van der Waals surface area contributed by atoms with E-state index in [2.05, 4.69) is 10.6 Å². The van der Waals surface area contributed by atoms with Crippen LogP contribution < -0.4 is 15.4 Å². The van der Waals surface area contributed by atoms with Crippen LogP contribution >= 0.6 is 0 Å². The van der Waals surface area contributed by atoms with Gasteiger partial charge in [0, 0.05) is 17.3 Å². The monoisotopic (exact) mass is 318 g/mol. The van der Waals surface area contributed by atoms with Crippen molar-refractivity contribution in [3.63, 3.8) is 0 Å². The Balaban J connectivity index is 1.81. The lowest BCUT2D eigenvalue weighted by Gasteiger charge is -2.23. The Bertz CT molecular complexity index is 808. The van der Waals surface area contributed by atoms with E-state index in [0.717, 1.165) is 12.1 Å². The number of hydrogen-bond donors (Lipinski definition) is 2. The third-order valence-corrected chi connectivity index (χ3v) is 3.35. The molecule has 7 heteroatoms. The van der Waals surface area contributed by atoms with Gasteiger partial charge in [-0.15, -0.1) is 0 Å². The molecular weight excluding hydrogens is 306 g/mol. The molecule has 0 radical (unpaired) electrons. The maximum atomic E-state index is 13.1. The first-order valence-corrected chi connectivity index (χ1v) is 6.82. The number of benzene rings is 2. The molecule has 1 aliphatic rings. The zero-order chi connectivity index (χ0) is 16.6. The summed E-state index contributed by atoms with van der Waals surface area (Å²) in [6.45, 7) is 1.61. The number of halogens is 2. The van der Waals surface area contributed by atoms with Gasteiger partial charge in [0.05, 0.1) is 5.69 Å². The third kappa shape index (κ3) is 2.98. The molecule has 2 N–H and O–H groups in total. The first kappa shape index (κ1) is 15.0. The molecule has 5 nitrogen and oxygen atoms in total. The normalized spacial score (nSPS) is 16.1. The molecule has 1 aliphatic heterocycles. The van der Waals surface area contributed by atoms with Gasteiger partial charge in [0.15, 0.2) is 17.7 Å². The van der Waals surface area contributed by atoms with Crippen LogP contribution in [0.5, 0.6) is 5.75 Å². The van der Waals surface area contributed by atoms with Crippen LogP contribution in [0.1, 0.15) is 17.3 Å². The number of rotatable bonds is 2. The molecular formula is C16H12F2N2O3. The molecule has 1 atom stereocenters. The summed E-state index contributed by atoms with van der Waals surface area (Å²) >= 11 is 0. The van der Waals surface area contributed by atoms with Gasteiger partial charge in [-0.05, 0) is 37.3 Å². The molecule has 2 aromatic carbocycles. The van der Waals surface area contributed by atoms with Crippen molar-refractivity contribution in [1.29, 1.82) is 0 Å². The molecule has 0 aliphatic carbocycles. The fraction of sp³-hybridized carbons (Fsp3) is 0.125. The van der Waals surface area contributed by atoms with Crippen molar-refractivity contribution in [3.05, 3.63) is 53.6 Å². The van der Waals surface area contributed by atoms with Crippen LogP contribution in [0.2, 0.25) is 0 Å². The van der Waals surface area contributed by atoms with Gasteiger partial charge in [0.25, 0.3) is 11.8 Å². The fourth-order valence-electron chi connectivity index (χ4n) is 2.13. The van der Waals surface area contributed by atoms with Crippen molar-refractivity contribution in [2.24, 2.45) is 0 Å². The quantitative estimate of drug-likeness (QED) is 0.894. The predicted molar refractivity (Wildman–Crippen MR) is 79.5 cm³/mol. The minimum absolute atomic E-state index is 0.125. The first-order chi connectivity index (χ1) is 10.9. The van der Waals surface area contributed by atoms with Crippen molar-refractivity contribution >= 4 is 23.2 Å². The molecule has 0 spiro atoms. The number of carbonyl (C=O) groups excluding carboxylic acids is 2. The molecule has 1 heterocycles. The minimum Gasteiger partial charge on any atom is -0.479 e. The van der Waals surface area contributed by atoms with Crippen molar-refractivity contribution in [2.45, 2.75) is 13.0 Å². The van der Waals surface area contributed by atoms with Crippen molar-refractivity contribution in [3.8, 4) is 5.75 Å². The van der Waals surface area contributed by atoms with E-state index in [4.69, 9.17) is 4.74 Å². The minimum atomic E-state index is -1.05. The van der Waals surface area contributed by atoms with E-state index in [9.17, 15) is 18.4 Å². The molecule has 0 bridgehead atoms. The Kier molecular flexibility index (Phi) is 3.69. The Morgan fingerprint density at radius 1 is 1.17 bits per heavy atom. The summed E-state index contributed by atoms with van der Waals surface area (Å²) in [4.78, 5) is 23.7. The van der Waals surface area contributed by atoms with Crippen molar-refractivity contribution in [1.82, 2.24) is 0 Å². The van der Waals surface area contributed by atoms with Gasteiger partial charge in [0.2, 0.25) is 0 Å². The number of hydrogen-bond acceptors (Lipinski definition) is 3. The summed E-state index contributed by atoms with van der Waals surface area (Å²) in [7, 11) is 0. The van der Waals surface area contributed by atoms with Crippen LogP contribution in [-0.4, -0.2) is 17.9 Å². The molecule has 0 saturated carbocycles. The second kappa shape index (κ2) is 5.68. The number of amides is 2. The SMILES string of the molecule is CC1Oc2ccc(C(=O)Nc3ccc(F)c(F)c3)cc2NC1=O. The van der Waals surface area contributed by atoms with Crippen LogP contribution in [0, 0.1) is 11.6 Å². The smallest absolute Gasteiger partial charge is 0.265 e. The predicted octanol–water partition coefficient (Wildman–Crippen LogP) is 2.94. The highest BCUT2D eigenvalue weighted by molar-refractivity contribution is 6.06. The fourth-order valence-corrected chi connectivity index (χ4v) is 2.13. The Labute approximate surface area is 130 Å². The van der Waals surface area contributed by atoms with Crippen LogP contribution in [-0.2, 0) is 4.79 Å². The lowest BCUT2D eigenvalue weighted by molar-refractivity contribution is -0.122. The maximum absolute atomic E-state index is 13.1. The zero-order valence-electron chi connectivity index (χ0n) is 12.0. The van der Waals surface area contributed by atoms with Crippen molar-refractivity contribution in [2.75, 3.05) is 10.6 Å². The van der Waals surface area contributed by atoms with E-state index in [0.29, 0.717) is 11.4 Å². The van der Waals surface area contributed by atoms with Crippen LogP contribution in [0.15, 0.2) is 36.4 Å². The van der Waals surface area contributed by atoms with E-state index in [1.54, 1.807) is 13.0 Å². The second-order valence-corrected chi connectivity index (χ2v) is 5.04. The van der Waals surface area contributed by atoms with Gasteiger partial charge >= 0.3 is 0 Å². The Morgan fingerprint density at radius 2 is 1.96 bits per heavy atom. The van der Waals surface area contributed by atoms with Gasteiger partial charge < -0.3 is 15.4 Å². The van der Waals surface area contributed by atoms with Crippen LogP contribution in [0.3, 0.4) is 0 Å². The summed E-state index contributed by atoms with van der Waals surface area (Å²) < 4.78 is 31.4. The molecule has 0 saturated heterocycles. The van der Waals surface area contributed by atoms with E-state index >= 15 is 0 Å². The summed E-state index contributed by atoms with van der Waals surface area (Å²) in [6, 6.07) is 7.59. The summed E-state index contributed by atoms with van der Waals surface area (Å²) in [5.74, 6) is -2.42. The highest BCUT2D eigenvalue weighted by Gasteiger charge is 2.24. The highest BCUT2D eigenvalue weighted by atomic mass is 19.2. The maximum Gasteiger partial charge on any atom is 0.265 e. The topological polar surface area (TPSA) is 67.4 Å². The summed E-state index contributed by atoms with van der Waals surface area (Å²) in [5.41, 5.74) is 0.749. The lowest BCUT2D eigenvalue weighted by Crippen LogP contribution is -2.34. The second-order valence-electron chi connectivity index (χ2n) is 5.04. The average molecular weight is 318 g/mol. The van der Waals surface area contributed by atoms with E-state index in [1.807, 2.05) is 0 Å². The number of carbonyl (C=O) groups is 2. The van der Waals surface area contributed by atoms with Crippen LogP contribution in [0.4, 0.5) is 20.2 Å². The molecule has 1 unspecified atom stereocenters. The molecule has 0 aromatic heterocycles. The molecule has 23 heavy (non-hydrogen) atoms. The van der Waals surface area contributed by atoms with E-state index in [1.165, 1.54) is 18.2 Å².